The average Bonchev–Trinajstić information content (AvgIpc) is 3.29. The van der Waals surface area contributed by atoms with Crippen LogP contribution in [0.3, 0.4) is 0 Å². The van der Waals surface area contributed by atoms with Gasteiger partial charge in [0.1, 0.15) is 11.8 Å². The number of rotatable bonds is 2. The summed E-state index contributed by atoms with van der Waals surface area (Å²) in [7, 11) is 0. The van der Waals surface area contributed by atoms with E-state index in [1.807, 2.05) is 23.6 Å². The van der Waals surface area contributed by atoms with E-state index in [1.165, 1.54) is 0 Å². The van der Waals surface area contributed by atoms with E-state index in [9.17, 15) is 9.90 Å². The van der Waals surface area contributed by atoms with Crippen LogP contribution in [0.15, 0.2) is 53.0 Å². The minimum absolute atomic E-state index is 0.130. The van der Waals surface area contributed by atoms with Crippen LogP contribution in [0.4, 0.5) is 5.95 Å². The Kier molecular flexibility index (Phi) is 3.43. The van der Waals surface area contributed by atoms with E-state index >= 15 is 0 Å². The van der Waals surface area contributed by atoms with Crippen molar-refractivity contribution in [2.45, 2.75) is 25.3 Å². The molecule has 2 aliphatic rings. The van der Waals surface area contributed by atoms with Gasteiger partial charge in [0.2, 0.25) is 5.95 Å². The number of aromatic hydroxyl groups is 1. The average molecular weight is 364 g/mol. The zero-order valence-corrected chi connectivity index (χ0v) is 14.7. The number of carbonyl (C=O) groups is 1. The Morgan fingerprint density at radius 1 is 1.23 bits per heavy atom. The number of thiophene rings is 1. The molecule has 3 aromatic rings. The quantitative estimate of drug-likeness (QED) is 0.724. The predicted octanol–water partition coefficient (Wildman–Crippen LogP) is 3.73. The zero-order valence-electron chi connectivity index (χ0n) is 13.8. The van der Waals surface area contributed by atoms with Crippen LogP contribution in [0, 0.1) is 0 Å². The molecule has 1 aliphatic heterocycles. The number of nitrogens with one attached hydrogen (secondary N) is 1. The smallest absolute Gasteiger partial charge is 0.226 e. The second-order valence-electron chi connectivity index (χ2n) is 6.47. The van der Waals surface area contributed by atoms with Gasteiger partial charge in [0.25, 0.3) is 0 Å². The van der Waals surface area contributed by atoms with Gasteiger partial charge in [0, 0.05) is 17.7 Å². The third-order valence-corrected chi connectivity index (χ3v) is 5.66. The lowest BCUT2D eigenvalue weighted by atomic mass is 9.85. The summed E-state index contributed by atoms with van der Waals surface area (Å²) in [5.41, 5.74) is 2.49. The van der Waals surface area contributed by atoms with Crippen molar-refractivity contribution >= 4 is 23.1 Å². The fourth-order valence-corrected chi connectivity index (χ4v) is 4.32. The number of fused-ring (bicyclic) bond motifs is 1. The molecule has 5 rings (SSSR count). The molecule has 0 spiro atoms. The van der Waals surface area contributed by atoms with Crippen molar-refractivity contribution in [3.8, 4) is 16.5 Å². The summed E-state index contributed by atoms with van der Waals surface area (Å²) in [6.45, 7) is 0. The van der Waals surface area contributed by atoms with Gasteiger partial charge in [-0.2, -0.15) is 4.98 Å². The summed E-state index contributed by atoms with van der Waals surface area (Å²) >= 11 is 1.58. The highest BCUT2D eigenvalue weighted by Gasteiger charge is 2.37. The highest BCUT2D eigenvalue weighted by molar-refractivity contribution is 7.13. The Balaban J connectivity index is 1.71. The topological polar surface area (TPSA) is 80.0 Å². The molecule has 130 valence electrons. The molecule has 7 heteroatoms. The van der Waals surface area contributed by atoms with Crippen LogP contribution in [0.1, 0.15) is 30.9 Å². The highest BCUT2D eigenvalue weighted by Crippen LogP contribution is 2.41. The van der Waals surface area contributed by atoms with Crippen molar-refractivity contribution in [1.82, 2.24) is 14.8 Å². The van der Waals surface area contributed by atoms with Gasteiger partial charge in [-0.1, -0.05) is 18.2 Å². The molecule has 1 unspecified atom stereocenters. The molecule has 0 saturated heterocycles. The molecule has 1 atom stereocenters. The van der Waals surface area contributed by atoms with Crippen molar-refractivity contribution in [3.05, 3.63) is 58.6 Å². The minimum atomic E-state index is -0.373. The van der Waals surface area contributed by atoms with Gasteiger partial charge in [-0.3, -0.25) is 4.79 Å². The first-order chi connectivity index (χ1) is 12.7. The summed E-state index contributed by atoms with van der Waals surface area (Å²) in [4.78, 5) is 18.4. The molecule has 6 nitrogen and oxygen atoms in total. The fraction of sp³-hybridized carbons (Fsp3) is 0.211. The number of aromatic nitrogens is 3. The maximum Gasteiger partial charge on any atom is 0.226 e. The van der Waals surface area contributed by atoms with Gasteiger partial charge in [0.15, 0.2) is 11.6 Å². The van der Waals surface area contributed by atoms with Crippen LogP contribution in [0.2, 0.25) is 0 Å². The van der Waals surface area contributed by atoms with Crippen LogP contribution in [0.5, 0.6) is 5.75 Å². The Bertz CT molecular complexity index is 1040. The third kappa shape index (κ3) is 2.35. The Labute approximate surface area is 153 Å². The van der Waals surface area contributed by atoms with Gasteiger partial charge >= 0.3 is 0 Å². The molecule has 1 aromatic carbocycles. The third-order valence-electron chi connectivity index (χ3n) is 4.80. The number of carbonyl (C=O) groups excluding carboxylic acids is 1. The van der Waals surface area contributed by atoms with Crippen molar-refractivity contribution in [1.29, 1.82) is 0 Å². The first-order valence-electron chi connectivity index (χ1n) is 8.53. The maximum atomic E-state index is 12.7. The van der Waals surface area contributed by atoms with E-state index < -0.39 is 0 Å². The second kappa shape index (κ2) is 5.81. The summed E-state index contributed by atoms with van der Waals surface area (Å²) in [6, 6.07) is 10.6. The highest BCUT2D eigenvalue weighted by atomic mass is 32.1. The number of hydrogen-bond donors (Lipinski definition) is 2. The van der Waals surface area contributed by atoms with Gasteiger partial charge in [0.05, 0.1) is 4.88 Å². The Morgan fingerprint density at radius 3 is 2.96 bits per heavy atom. The largest absolute Gasteiger partial charge is 0.508 e. The van der Waals surface area contributed by atoms with Crippen molar-refractivity contribution in [2.24, 2.45) is 0 Å². The normalized spacial score (nSPS) is 19.1. The monoisotopic (exact) mass is 364 g/mol. The van der Waals surface area contributed by atoms with Crippen LogP contribution < -0.4 is 5.32 Å². The van der Waals surface area contributed by atoms with Crippen LogP contribution in [-0.4, -0.2) is 25.7 Å². The first kappa shape index (κ1) is 15.3. The van der Waals surface area contributed by atoms with Crippen molar-refractivity contribution < 1.29 is 9.90 Å². The number of ketones is 1. The molecule has 2 N–H and O–H groups in total. The number of anilines is 1. The molecule has 0 fully saturated rings. The minimum Gasteiger partial charge on any atom is -0.508 e. The maximum absolute atomic E-state index is 12.7. The van der Waals surface area contributed by atoms with Gasteiger partial charge in [-0.15, -0.1) is 16.4 Å². The van der Waals surface area contributed by atoms with E-state index in [0.29, 0.717) is 18.2 Å². The molecule has 1 aliphatic carbocycles. The Hall–Kier alpha value is -2.93. The molecule has 0 radical (unpaired) electrons. The van der Waals surface area contributed by atoms with E-state index in [2.05, 4.69) is 10.3 Å². The fourth-order valence-electron chi connectivity index (χ4n) is 3.67. The molecular formula is C19H16N4O2S. The number of Topliss-reactive ketones (excluding diaryl/α,β-unsaturated/α-hetero) is 1. The van der Waals surface area contributed by atoms with E-state index in [-0.39, 0.29) is 17.6 Å². The summed E-state index contributed by atoms with van der Waals surface area (Å²) in [5, 5.41) is 19.9. The van der Waals surface area contributed by atoms with Gasteiger partial charge in [-0.05, 0) is 42.0 Å². The molecule has 0 amide bonds. The van der Waals surface area contributed by atoms with E-state index in [0.717, 1.165) is 34.6 Å². The number of benzene rings is 1. The predicted molar refractivity (Wildman–Crippen MR) is 99.1 cm³/mol. The number of allylic oxidation sites excluding steroid dienone is 2. The zero-order chi connectivity index (χ0) is 17.7. The molecular weight excluding hydrogens is 348 g/mol. The molecule has 2 aromatic heterocycles. The van der Waals surface area contributed by atoms with Crippen molar-refractivity contribution in [3.63, 3.8) is 0 Å². The SMILES string of the molecule is O=C1CCCC2=C1C(c1cccc(O)c1)n1nc(-c3cccs3)nc1N2. The van der Waals surface area contributed by atoms with Gasteiger partial charge in [-0.25, -0.2) is 4.68 Å². The number of hydrogen-bond acceptors (Lipinski definition) is 6. The summed E-state index contributed by atoms with van der Waals surface area (Å²) in [5.74, 6) is 1.58. The molecule has 26 heavy (non-hydrogen) atoms. The molecule has 0 saturated carbocycles. The van der Waals surface area contributed by atoms with Crippen LogP contribution in [-0.2, 0) is 4.79 Å². The lowest BCUT2D eigenvalue weighted by Crippen LogP contribution is -2.31. The van der Waals surface area contributed by atoms with Gasteiger partial charge < -0.3 is 10.4 Å². The van der Waals surface area contributed by atoms with Crippen LogP contribution in [0.25, 0.3) is 10.7 Å². The number of phenolic OH excluding ortho intramolecular Hbond substituents is 1. The van der Waals surface area contributed by atoms with E-state index in [4.69, 9.17) is 5.10 Å². The first-order valence-corrected chi connectivity index (χ1v) is 9.41. The molecule has 0 bridgehead atoms. The number of nitrogens with zero attached hydrogens (tertiary/aromatic N) is 3. The van der Waals surface area contributed by atoms with Crippen molar-refractivity contribution in [2.75, 3.05) is 5.32 Å². The lowest BCUT2D eigenvalue weighted by Gasteiger charge is -2.32. The second-order valence-corrected chi connectivity index (χ2v) is 7.42. The standard InChI is InChI=1S/C19H16N4O2S/c24-12-5-1-4-11(10-12)17-16-13(6-2-7-14(16)25)20-19-21-18(22-23(17)19)15-8-3-9-26-15/h1,3-5,8-10,17,24H,2,6-7H2,(H,20,21,22). The van der Waals surface area contributed by atoms with E-state index in [1.54, 1.807) is 34.2 Å². The Morgan fingerprint density at radius 2 is 2.15 bits per heavy atom. The molecule has 3 heterocycles. The lowest BCUT2D eigenvalue weighted by molar-refractivity contribution is -0.116. The summed E-state index contributed by atoms with van der Waals surface area (Å²) in [6.07, 6.45) is 2.19. The van der Waals surface area contributed by atoms with Crippen LogP contribution >= 0.6 is 11.3 Å². The summed E-state index contributed by atoms with van der Waals surface area (Å²) < 4.78 is 1.77. The number of phenols is 1.